The van der Waals surface area contributed by atoms with Gasteiger partial charge in [0.15, 0.2) is 0 Å². The summed E-state index contributed by atoms with van der Waals surface area (Å²) in [7, 11) is 0. The quantitative estimate of drug-likeness (QED) is 0.771. The first-order valence-corrected chi connectivity index (χ1v) is 7.07. The van der Waals surface area contributed by atoms with Crippen molar-refractivity contribution in [2.45, 2.75) is 13.5 Å². The summed E-state index contributed by atoms with van der Waals surface area (Å²) in [5.74, 6) is -0.340. The maximum absolute atomic E-state index is 12.1. The summed E-state index contributed by atoms with van der Waals surface area (Å²) >= 11 is 0. The van der Waals surface area contributed by atoms with E-state index in [9.17, 15) is 9.59 Å². The molecule has 0 aliphatic carbocycles. The van der Waals surface area contributed by atoms with Crippen LogP contribution in [0.1, 0.15) is 6.92 Å². The smallest absolute Gasteiger partial charge is 0.246 e. The number of nitrogens with one attached hydrogen (secondary N) is 2. The fourth-order valence-corrected chi connectivity index (χ4v) is 2.21. The average molecular weight is 309 g/mol. The SMILES string of the molecule is CC(=O)Nc1ccc(NC(=O)Cn2nnc3ccccc32)cc1. The van der Waals surface area contributed by atoms with E-state index in [4.69, 9.17) is 0 Å². The van der Waals surface area contributed by atoms with Gasteiger partial charge in [-0.3, -0.25) is 9.59 Å². The van der Waals surface area contributed by atoms with E-state index in [-0.39, 0.29) is 18.4 Å². The molecule has 116 valence electrons. The van der Waals surface area contributed by atoms with E-state index >= 15 is 0 Å². The van der Waals surface area contributed by atoms with Crippen LogP contribution in [-0.4, -0.2) is 26.8 Å². The van der Waals surface area contributed by atoms with Crippen LogP contribution in [0.4, 0.5) is 11.4 Å². The van der Waals surface area contributed by atoms with Crippen LogP contribution < -0.4 is 10.6 Å². The monoisotopic (exact) mass is 309 g/mol. The zero-order valence-corrected chi connectivity index (χ0v) is 12.5. The largest absolute Gasteiger partial charge is 0.326 e. The summed E-state index contributed by atoms with van der Waals surface area (Å²) in [6.07, 6.45) is 0. The topological polar surface area (TPSA) is 88.9 Å². The average Bonchev–Trinajstić information content (AvgIpc) is 2.92. The minimum absolute atomic E-state index is 0.0773. The van der Waals surface area contributed by atoms with Gasteiger partial charge in [-0.05, 0) is 36.4 Å². The number of hydrogen-bond donors (Lipinski definition) is 2. The fourth-order valence-electron chi connectivity index (χ4n) is 2.21. The molecule has 0 aliphatic heterocycles. The Morgan fingerprint density at radius 3 is 2.35 bits per heavy atom. The molecule has 0 bridgehead atoms. The van der Waals surface area contributed by atoms with Gasteiger partial charge in [-0.1, -0.05) is 17.3 Å². The standard InChI is InChI=1S/C16H15N5O2/c1-11(22)17-12-6-8-13(9-7-12)18-16(23)10-21-15-5-3-2-4-14(15)19-20-21/h2-9H,10H2,1H3,(H,17,22)(H,18,23). The van der Waals surface area contributed by atoms with Gasteiger partial charge < -0.3 is 10.6 Å². The minimum Gasteiger partial charge on any atom is -0.326 e. The van der Waals surface area contributed by atoms with Gasteiger partial charge in [-0.2, -0.15) is 0 Å². The molecule has 0 aliphatic rings. The Bertz CT molecular complexity index is 854. The molecule has 0 fully saturated rings. The molecular weight excluding hydrogens is 294 g/mol. The molecular formula is C16H15N5O2. The molecule has 2 N–H and O–H groups in total. The van der Waals surface area contributed by atoms with E-state index in [0.29, 0.717) is 11.4 Å². The Balaban J connectivity index is 1.66. The molecule has 0 atom stereocenters. The maximum Gasteiger partial charge on any atom is 0.246 e. The van der Waals surface area contributed by atoms with Crippen molar-refractivity contribution in [1.82, 2.24) is 15.0 Å². The van der Waals surface area contributed by atoms with Crippen molar-refractivity contribution in [2.75, 3.05) is 10.6 Å². The van der Waals surface area contributed by atoms with Crippen LogP contribution in [0.25, 0.3) is 11.0 Å². The number of rotatable bonds is 4. The van der Waals surface area contributed by atoms with Gasteiger partial charge in [0, 0.05) is 18.3 Å². The van der Waals surface area contributed by atoms with E-state index in [1.807, 2.05) is 24.3 Å². The lowest BCUT2D eigenvalue weighted by Crippen LogP contribution is -2.19. The van der Waals surface area contributed by atoms with Crippen LogP contribution in [-0.2, 0) is 16.1 Å². The molecule has 1 heterocycles. The highest BCUT2D eigenvalue weighted by atomic mass is 16.2. The summed E-state index contributed by atoms with van der Waals surface area (Å²) in [5, 5.41) is 13.4. The fraction of sp³-hybridized carbons (Fsp3) is 0.125. The van der Waals surface area contributed by atoms with Crippen molar-refractivity contribution >= 4 is 34.2 Å². The zero-order valence-electron chi connectivity index (χ0n) is 12.5. The summed E-state index contributed by atoms with van der Waals surface area (Å²) in [5.41, 5.74) is 2.88. The lowest BCUT2D eigenvalue weighted by Gasteiger charge is -2.07. The summed E-state index contributed by atoms with van der Waals surface area (Å²) < 4.78 is 1.55. The highest BCUT2D eigenvalue weighted by Crippen LogP contribution is 2.14. The number of carbonyl (C=O) groups excluding carboxylic acids is 2. The third-order valence-electron chi connectivity index (χ3n) is 3.20. The molecule has 0 spiro atoms. The molecule has 0 saturated heterocycles. The number of anilines is 2. The van der Waals surface area contributed by atoms with Crippen LogP contribution >= 0.6 is 0 Å². The maximum atomic E-state index is 12.1. The molecule has 7 heteroatoms. The Morgan fingerprint density at radius 1 is 1.00 bits per heavy atom. The van der Waals surface area contributed by atoms with Crippen molar-refractivity contribution in [3.63, 3.8) is 0 Å². The number of amides is 2. The van der Waals surface area contributed by atoms with E-state index in [1.54, 1.807) is 28.9 Å². The molecule has 1 aromatic heterocycles. The van der Waals surface area contributed by atoms with Crippen molar-refractivity contribution < 1.29 is 9.59 Å². The van der Waals surface area contributed by atoms with Gasteiger partial charge in [0.1, 0.15) is 12.1 Å². The van der Waals surface area contributed by atoms with Crippen LogP contribution in [0.5, 0.6) is 0 Å². The van der Waals surface area contributed by atoms with Crippen molar-refractivity contribution in [3.05, 3.63) is 48.5 Å². The van der Waals surface area contributed by atoms with Gasteiger partial charge >= 0.3 is 0 Å². The highest BCUT2D eigenvalue weighted by Gasteiger charge is 2.08. The number of carbonyl (C=O) groups is 2. The van der Waals surface area contributed by atoms with E-state index < -0.39 is 0 Å². The second-order valence-electron chi connectivity index (χ2n) is 5.04. The lowest BCUT2D eigenvalue weighted by molar-refractivity contribution is -0.117. The van der Waals surface area contributed by atoms with Gasteiger partial charge in [-0.15, -0.1) is 5.10 Å². The number of hydrogen-bond acceptors (Lipinski definition) is 4. The van der Waals surface area contributed by atoms with Crippen LogP contribution in [0.3, 0.4) is 0 Å². The number of aromatic nitrogens is 3. The van der Waals surface area contributed by atoms with Crippen molar-refractivity contribution in [2.24, 2.45) is 0 Å². The molecule has 2 amide bonds. The number of fused-ring (bicyclic) bond motifs is 1. The van der Waals surface area contributed by atoms with Gasteiger partial charge in [0.05, 0.1) is 5.52 Å². The minimum atomic E-state index is -0.201. The predicted molar refractivity (Wildman–Crippen MR) is 86.9 cm³/mol. The molecule has 7 nitrogen and oxygen atoms in total. The van der Waals surface area contributed by atoms with Gasteiger partial charge in [-0.25, -0.2) is 4.68 Å². The first-order valence-electron chi connectivity index (χ1n) is 7.07. The second kappa shape index (κ2) is 6.27. The first-order chi connectivity index (χ1) is 11.1. The molecule has 3 aromatic rings. The summed E-state index contributed by atoms with van der Waals surface area (Å²) in [6.45, 7) is 1.52. The van der Waals surface area contributed by atoms with E-state index in [2.05, 4.69) is 20.9 Å². The number of benzene rings is 2. The summed E-state index contributed by atoms with van der Waals surface area (Å²) in [6, 6.07) is 14.4. The third kappa shape index (κ3) is 3.52. The van der Waals surface area contributed by atoms with Crippen molar-refractivity contribution in [3.8, 4) is 0 Å². The highest BCUT2D eigenvalue weighted by molar-refractivity contribution is 5.92. The van der Waals surface area contributed by atoms with E-state index in [0.717, 1.165) is 11.0 Å². The van der Waals surface area contributed by atoms with Crippen LogP contribution in [0.2, 0.25) is 0 Å². The normalized spacial score (nSPS) is 10.5. The lowest BCUT2D eigenvalue weighted by atomic mass is 10.2. The molecule has 0 saturated carbocycles. The molecule has 2 aromatic carbocycles. The Hall–Kier alpha value is -3.22. The summed E-state index contributed by atoms with van der Waals surface area (Å²) in [4.78, 5) is 23.1. The number of para-hydroxylation sites is 1. The Labute approximate surface area is 132 Å². The predicted octanol–water partition coefficient (Wildman–Crippen LogP) is 2.03. The van der Waals surface area contributed by atoms with Crippen LogP contribution in [0, 0.1) is 0 Å². The van der Waals surface area contributed by atoms with Crippen LogP contribution in [0.15, 0.2) is 48.5 Å². The molecule has 0 unspecified atom stereocenters. The zero-order chi connectivity index (χ0) is 16.2. The van der Waals surface area contributed by atoms with Gasteiger partial charge in [0.2, 0.25) is 11.8 Å². The first kappa shape index (κ1) is 14.7. The Kier molecular flexibility index (Phi) is 4.01. The van der Waals surface area contributed by atoms with Crippen molar-refractivity contribution in [1.29, 1.82) is 0 Å². The number of nitrogens with zero attached hydrogens (tertiary/aromatic N) is 3. The molecule has 3 rings (SSSR count). The third-order valence-corrected chi connectivity index (χ3v) is 3.20. The van der Waals surface area contributed by atoms with Gasteiger partial charge in [0.25, 0.3) is 0 Å². The molecule has 0 radical (unpaired) electrons. The second-order valence-corrected chi connectivity index (χ2v) is 5.04. The van der Waals surface area contributed by atoms with E-state index in [1.165, 1.54) is 6.92 Å². The molecule has 23 heavy (non-hydrogen) atoms. The Morgan fingerprint density at radius 2 is 1.65 bits per heavy atom.